The van der Waals surface area contributed by atoms with Crippen LogP contribution in [0.5, 0.6) is 0 Å². The summed E-state index contributed by atoms with van der Waals surface area (Å²) >= 11 is 0. The Balaban J connectivity index is 1.92. The summed E-state index contributed by atoms with van der Waals surface area (Å²) in [6.07, 6.45) is 5.36. The maximum atomic E-state index is 5.65. The van der Waals surface area contributed by atoms with Crippen molar-refractivity contribution in [3.63, 3.8) is 0 Å². The highest BCUT2D eigenvalue weighted by Crippen LogP contribution is 2.43. The number of hydrogen-bond donors (Lipinski definition) is 0. The van der Waals surface area contributed by atoms with Crippen molar-refractivity contribution in [3.05, 3.63) is 0 Å². The Kier molecular flexibility index (Phi) is 1.46. The number of hydrogen-bond acceptors (Lipinski definition) is 2. The minimum Gasteiger partial charge on any atom is -0.379 e. The van der Waals surface area contributed by atoms with Crippen molar-refractivity contribution >= 4 is 0 Å². The summed E-state index contributed by atoms with van der Waals surface area (Å²) in [5.41, 5.74) is 0.265. The van der Waals surface area contributed by atoms with Gasteiger partial charge >= 0.3 is 0 Å². The van der Waals surface area contributed by atoms with Crippen molar-refractivity contribution in [1.82, 2.24) is 0 Å². The molecule has 0 aromatic carbocycles. The van der Waals surface area contributed by atoms with Crippen LogP contribution >= 0.6 is 0 Å². The molecule has 0 bridgehead atoms. The molecule has 10 heavy (non-hydrogen) atoms. The zero-order valence-corrected chi connectivity index (χ0v) is 6.43. The first-order valence-electron chi connectivity index (χ1n) is 4.01. The van der Waals surface area contributed by atoms with Crippen LogP contribution in [0.15, 0.2) is 0 Å². The van der Waals surface area contributed by atoms with E-state index in [1.54, 1.807) is 7.11 Å². The van der Waals surface area contributed by atoms with Crippen LogP contribution < -0.4 is 0 Å². The molecule has 1 heterocycles. The number of rotatable bonds is 1. The molecule has 0 unspecified atom stereocenters. The van der Waals surface area contributed by atoms with Crippen LogP contribution in [0, 0.1) is 0 Å². The molecule has 1 saturated heterocycles. The summed E-state index contributed by atoms with van der Waals surface area (Å²) in [7, 11) is 1.77. The zero-order valence-electron chi connectivity index (χ0n) is 6.43. The second-order valence-electron chi connectivity index (χ2n) is 3.41. The Morgan fingerprint density at radius 2 is 2.30 bits per heavy atom. The van der Waals surface area contributed by atoms with Gasteiger partial charge in [-0.2, -0.15) is 0 Å². The molecule has 1 atom stereocenters. The molecule has 1 aliphatic carbocycles. The lowest BCUT2D eigenvalue weighted by atomic mass is 9.78. The lowest BCUT2D eigenvalue weighted by molar-refractivity contribution is -0.0572. The van der Waals surface area contributed by atoms with Gasteiger partial charge in [0.2, 0.25) is 0 Å². The molecule has 58 valence electrons. The first-order chi connectivity index (χ1) is 4.85. The van der Waals surface area contributed by atoms with Crippen LogP contribution in [0.3, 0.4) is 0 Å². The van der Waals surface area contributed by atoms with Gasteiger partial charge in [0, 0.05) is 13.5 Å². The quantitative estimate of drug-likeness (QED) is 0.550. The van der Waals surface area contributed by atoms with Gasteiger partial charge in [-0.15, -0.1) is 0 Å². The molecule has 1 saturated carbocycles. The van der Waals surface area contributed by atoms with E-state index >= 15 is 0 Å². The van der Waals surface area contributed by atoms with E-state index in [1.165, 1.54) is 19.3 Å². The van der Waals surface area contributed by atoms with E-state index in [0.29, 0.717) is 6.10 Å². The van der Waals surface area contributed by atoms with E-state index in [2.05, 4.69) is 0 Å². The summed E-state index contributed by atoms with van der Waals surface area (Å²) in [4.78, 5) is 0. The molecule has 1 aliphatic heterocycles. The summed E-state index contributed by atoms with van der Waals surface area (Å²) in [5.74, 6) is 0. The Hall–Kier alpha value is -0.0800. The summed E-state index contributed by atoms with van der Waals surface area (Å²) in [5, 5.41) is 0. The highest BCUT2D eigenvalue weighted by atomic mass is 16.6. The Labute approximate surface area is 61.5 Å². The summed E-state index contributed by atoms with van der Waals surface area (Å²) in [6, 6.07) is 0. The molecule has 2 aliphatic rings. The standard InChI is InChI=1S/C8H14O2/c1-9-7-5-8(10-6-7)3-2-4-8/h7H,2-6H2,1H3/t7-/m1/s1. The van der Waals surface area contributed by atoms with Gasteiger partial charge in [-0.1, -0.05) is 0 Å². The molecule has 0 aromatic rings. The molecule has 1 spiro atoms. The van der Waals surface area contributed by atoms with Gasteiger partial charge in [0.25, 0.3) is 0 Å². The maximum absolute atomic E-state index is 5.65. The highest BCUT2D eigenvalue weighted by molar-refractivity contribution is 4.96. The molecular formula is C8H14O2. The van der Waals surface area contributed by atoms with Crippen LogP contribution in [-0.4, -0.2) is 25.4 Å². The monoisotopic (exact) mass is 142 g/mol. The normalized spacial score (nSPS) is 36.3. The summed E-state index contributed by atoms with van der Waals surface area (Å²) in [6.45, 7) is 0.816. The van der Waals surface area contributed by atoms with E-state index in [-0.39, 0.29) is 5.60 Å². The SMILES string of the molecule is CO[C@H]1COC2(CCC2)C1. The molecule has 0 aromatic heterocycles. The molecular weight excluding hydrogens is 128 g/mol. The minimum atomic E-state index is 0.265. The second-order valence-corrected chi connectivity index (χ2v) is 3.41. The fourth-order valence-corrected chi connectivity index (χ4v) is 1.87. The fraction of sp³-hybridized carbons (Fsp3) is 1.00. The van der Waals surface area contributed by atoms with Gasteiger partial charge in [0.05, 0.1) is 18.3 Å². The van der Waals surface area contributed by atoms with E-state index in [1.807, 2.05) is 0 Å². The van der Waals surface area contributed by atoms with Crippen molar-refractivity contribution in [1.29, 1.82) is 0 Å². The van der Waals surface area contributed by atoms with E-state index in [9.17, 15) is 0 Å². The van der Waals surface area contributed by atoms with Crippen molar-refractivity contribution < 1.29 is 9.47 Å². The van der Waals surface area contributed by atoms with Crippen LogP contribution in [0.1, 0.15) is 25.7 Å². The van der Waals surface area contributed by atoms with Crippen LogP contribution in [0.4, 0.5) is 0 Å². The van der Waals surface area contributed by atoms with E-state index < -0.39 is 0 Å². The molecule has 2 rings (SSSR count). The first kappa shape index (κ1) is 6.62. The van der Waals surface area contributed by atoms with Crippen LogP contribution in [-0.2, 0) is 9.47 Å². The van der Waals surface area contributed by atoms with E-state index in [0.717, 1.165) is 13.0 Å². The number of ether oxygens (including phenoxy) is 2. The lowest BCUT2D eigenvalue weighted by Gasteiger charge is -2.36. The maximum Gasteiger partial charge on any atom is 0.0832 e. The van der Waals surface area contributed by atoms with Gasteiger partial charge < -0.3 is 9.47 Å². The van der Waals surface area contributed by atoms with E-state index in [4.69, 9.17) is 9.47 Å². The summed E-state index contributed by atoms with van der Waals surface area (Å²) < 4.78 is 10.9. The molecule has 0 N–H and O–H groups in total. The fourth-order valence-electron chi connectivity index (χ4n) is 1.87. The minimum absolute atomic E-state index is 0.265. The van der Waals surface area contributed by atoms with Gasteiger partial charge in [0.15, 0.2) is 0 Å². The van der Waals surface area contributed by atoms with Gasteiger partial charge in [-0.05, 0) is 19.3 Å². The predicted octanol–water partition coefficient (Wildman–Crippen LogP) is 1.34. The van der Waals surface area contributed by atoms with Crippen LogP contribution in [0.25, 0.3) is 0 Å². The zero-order chi connectivity index (χ0) is 7.03. The third-order valence-corrected chi connectivity index (χ3v) is 2.77. The lowest BCUT2D eigenvalue weighted by Crippen LogP contribution is -2.36. The molecule has 2 nitrogen and oxygen atoms in total. The molecule has 0 amide bonds. The average Bonchev–Trinajstić information content (AvgIpc) is 2.29. The van der Waals surface area contributed by atoms with Crippen molar-refractivity contribution in [2.75, 3.05) is 13.7 Å². The molecule has 0 radical (unpaired) electrons. The van der Waals surface area contributed by atoms with Crippen molar-refractivity contribution in [2.24, 2.45) is 0 Å². The largest absolute Gasteiger partial charge is 0.379 e. The van der Waals surface area contributed by atoms with Crippen molar-refractivity contribution in [3.8, 4) is 0 Å². The Bertz CT molecular complexity index is 129. The number of methoxy groups -OCH3 is 1. The van der Waals surface area contributed by atoms with Gasteiger partial charge in [-0.3, -0.25) is 0 Å². The highest BCUT2D eigenvalue weighted by Gasteiger charge is 2.44. The smallest absolute Gasteiger partial charge is 0.0832 e. The van der Waals surface area contributed by atoms with Gasteiger partial charge in [0.1, 0.15) is 0 Å². The Morgan fingerprint density at radius 3 is 2.60 bits per heavy atom. The van der Waals surface area contributed by atoms with Crippen LogP contribution in [0.2, 0.25) is 0 Å². The molecule has 2 heteroatoms. The third-order valence-electron chi connectivity index (χ3n) is 2.77. The third kappa shape index (κ3) is 0.867. The second kappa shape index (κ2) is 2.21. The molecule has 2 fully saturated rings. The Morgan fingerprint density at radius 1 is 1.50 bits per heavy atom. The average molecular weight is 142 g/mol. The first-order valence-corrected chi connectivity index (χ1v) is 4.01. The van der Waals surface area contributed by atoms with Gasteiger partial charge in [-0.25, -0.2) is 0 Å². The predicted molar refractivity (Wildman–Crippen MR) is 37.9 cm³/mol. The topological polar surface area (TPSA) is 18.5 Å². The van der Waals surface area contributed by atoms with Crippen molar-refractivity contribution in [2.45, 2.75) is 37.4 Å².